The summed E-state index contributed by atoms with van der Waals surface area (Å²) in [4.78, 5) is 24.3. The molecule has 1 aliphatic heterocycles. The van der Waals surface area contributed by atoms with Gasteiger partial charge in [0.15, 0.2) is 17.4 Å². The van der Waals surface area contributed by atoms with E-state index < -0.39 is 23.6 Å². The molecule has 2 amide bonds. The van der Waals surface area contributed by atoms with Gasteiger partial charge in [0.05, 0.1) is 22.5 Å². The third kappa shape index (κ3) is 5.71. The standard InChI is InChI=1S/C24H25Cl2F2N5O3/c1-12(34)29-6-5-14-8-15(13-3-4-18(27)19(28)7-13)20(11-30-14)32-24(35)21-9-16(23(26)36-21)22-17(25)10-31-33(22)2/h3-4,7,9-10,14-15,20,30H,5-6,8,11H2,1-2H3,(H,29,34)(H,32,35)/t14?,15-,20+/m0/s1. The molecular weight excluding hydrogens is 515 g/mol. The highest BCUT2D eigenvalue weighted by Crippen LogP contribution is 2.36. The number of halogens is 4. The van der Waals surface area contributed by atoms with Gasteiger partial charge in [0, 0.05) is 51.1 Å². The van der Waals surface area contributed by atoms with Crippen molar-refractivity contribution in [3.63, 3.8) is 0 Å². The summed E-state index contributed by atoms with van der Waals surface area (Å²) < 4.78 is 34.7. The molecule has 4 rings (SSSR count). The summed E-state index contributed by atoms with van der Waals surface area (Å²) in [5, 5.41) is 13.5. The normalized spacial score (nSPS) is 19.8. The van der Waals surface area contributed by atoms with Crippen LogP contribution < -0.4 is 16.0 Å². The number of benzene rings is 1. The molecule has 0 saturated carbocycles. The van der Waals surface area contributed by atoms with Crippen molar-refractivity contribution in [2.45, 2.75) is 37.8 Å². The van der Waals surface area contributed by atoms with Gasteiger partial charge >= 0.3 is 0 Å². The molecule has 12 heteroatoms. The van der Waals surface area contributed by atoms with Crippen molar-refractivity contribution in [1.82, 2.24) is 25.7 Å². The average Bonchev–Trinajstić information content (AvgIpc) is 3.37. The Balaban J connectivity index is 1.54. The minimum absolute atomic E-state index is 0.000223. The van der Waals surface area contributed by atoms with Crippen molar-refractivity contribution in [2.24, 2.45) is 7.05 Å². The Morgan fingerprint density at radius 2 is 2.03 bits per heavy atom. The molecule has 1 saturated heterocycles. The van der Waals surface area contributed by atoms with Crippen molar-refractivity contribution in [1.29, 1.82) is 0 Å². The second-order valence-electron chi connectivity index (χ2n) is 8.74. The Morgan fingerprint density at radius 3 is 2.69 bits per heavy atom. The van der Waals surface area contributed by atoms with Crippen molar-refractivity contribution < 1.29 is 22.8 Å². The van der Waals surface area contributed by atoms with Crippen LogP contribution in [0.1, 0.15) is 41.8 Å². The fourth-order valence-electron chi connectivity index (χ4n) is 4.49. The summed E-state index contributed by atoms with van der Waals surface area (Å²) in [5.74, 6) is -2.88. The zero-order valence-corrected chi connectivity index (χ0v) is 21.1. The fraction of sp³-hybridized carbons (Fsp3) is 0.375. The van der Waals surface area contributed by atoms with Crippen molar-refractivity contribution in [3.05, 3.63) is 63.7 Å². The maximum absolute atomic E-state index is 14.1. The van der Waals surface area contributed by atoms with E-state index >= 15 is 0 Å². The van der Waals surface area contributed by atoms with Gasteiger partial charge in [-0.05, 0) is 42.1 Å². The van der Waals surface area contributed by atoms with Crippen LogP contribution in [-0.4, -0.2) is 46.8 Å². The van der Waals surface area contributed by atoms with Crippen LogP contribution in [0, 0.1) is 11.6 Å². The molecule has 0 aliphatic carbocycles. The number of nitrogens with one attached hydrogen (secondary N) is 3. The highest BCUT2D eigenvalue weighted by molar-refractivity contribution is 6.35. The first-order valence-electron chi connectivity index (χ1n) is 11.3. The minimum atomic E-state index is -0.957. The number of carbonyl (C=O) groups excluding carboxylic acids is 2. The van der Waals surface area contributed by atoms with E-state index in [2.05, 4.69) is 21.0 Å². The van der Waals surface area contributed by atoms with Crippen LogP contribution in [0.3, 0.4) is 0 Å². The van der Waals surface area contributed by atoms with Gasteiger partial charge in [-0.1, -0.05) is 17.7 Å². The number of hydrogen-bond acceptors (Lipinski definition) is 5. The van der Waals surface area contributed by atoms with Gasteiger partial charge in [-0.15, -0.1) is 0 Å². The van der Waals surface area contributed by atoms with E-state index in [-0.39, 0.29) is 28.8 Å². The second kappa shape index (κ2) is 11.0. The van der Waals surface area contributed by atoms with Crippen LogP contribution in [0.2, 0.25) is 10.2 Å². The molecule has 1 unspecified atom stereocenters. The highest BCUT2D eigenvalue weighted by atomic mass is 35.5. The van der Waals surface area contributed by atoms with Crippen LogP contribution in [0.5, 0.6) is 0 Å². The lowest BCUT2D eigenvalue weighted by Crippen LogP contribution is -2.54. The zero-order valence-electron chi connectivity index (χ0n) is 19.6. The predicted molar refractivity (Wildman–Crippen MR) is 131 cm³/mol. The summed E-state index contributed by atoms with van der Waals surface area (Å²) in [6.07, 6.45) is 2.63. The first-order chi connectivity index (χ1) is 17.1. The van der Waals surface area contributed by atoms with Crippen molar-refractivity contribution >= 4 is 35.0 Å². The Kier molecular flexibility index (Phi) is 7.97. The van der Waals surface area contributed by atoms with Crippen LogP contribution in [-0.2, 0) is 11.8 Å². The molecular formula is C24H25Cl2F2N5O3. The van der Waals surface area contributed by atoms with E-state index in [9.17, 15) is 18.4 Å². The molecule has 2 aromatic heterocycles. The Labute approximate surface area is 216 Å². The highest BCUT2D eigenvalue weighted by Gasteiger charge is 2.34. The molecule has 1 aromatic carbocycles. The predicted octanol–water partition coefficient (Wildman–Crippen LogP) is 4.04. The maximum atomic E-state index is 14.1. The summed E-state index contributed by atoms with van der Waals surface area (Å²) in [7, 11) is 1.69. The summed E-state index contributed by atoms with van der Waals surface area (Å²) in [6.45, 7) is 2.28. The quantitative estimate of drug-likeness (QED) is 0.420. The molecule has 0 bridgehead atoms. The topological polar surface area (TPSA) is 101 Å². The molecule has 3 heterocycles. The molecule has 0 spiro atoms. The molecule has 36 heavy (non-hydrogen) atoms. The third-order valence-electron chi connectivity index (χ3n) is 6.27. The molecule has 192 valence electrons. The molecule has 3 aromatic rings. The Bertz CT molecular complexity index is 1260. The van der Waals surface area contributed by atoms with Gasteiger partial charge in [0.1, 0.15) is 0 Å². The number of nitrogens with zero attached hydrogens (tertiary/aromatic N) is 2. The monoisotopic (exact) mass is 539 g/mol. The number of furan rings is 1. The first kappa shape index (κ1) is 26.1. The van der Waals surface area contributed by atoms with Crippen LogP contribution in [0.4, 0.5) is 8.78 Å². The van der Waals surface area contributed by atoms with E-state index in [1.807, 2.05) is 0 Å². The lowest BCUT2D eigenvalue weighted by Gasteiger charge is -2.38. The first-order valence-corrected chi connectivity index (χ1v) is 12.1. The SMILES string of the molecule is CC(=O)NCCC1C[C@@H](c2ccc(F)c(F)c2)[C@H](NC(=O)c2cc(-c3c(Cl)cnn3C)c(Cl)o2)CN1. The molecule has 1 aliphatic rings. The zero-order chi connectivity index (χ0) is 26.0. The summed E-state index contributed by atoms with van der Waals surface area (Å²) in [6, 6.07) is 4.78. The molecule has 0 radical (unpaired) electrons. The summed E-state index contributed by atoms with van der Waals surface area (Å²) in [5.41, 5.74) is 1.49. The number of amides is 2. The van der Waals surface area contributed by atoms with Crippen molar-refractivity contribution in [2.75, 3.05) is 13.1 Å². The average molecular weight is 540 g/mol. The molecule has 1 fully saturated rings. The van der Waals surface area contributed by atoms with Crippen LogP contribution in [0.25, 0.3) is 11.3 Å². The van der Waals surface area contributed by atoms with Gasteiger partial charge in [-0.2, -0.15) is 5.10 Å². The van der Waals surface area contributed by atoms with Gasteiger partial charge in [0.25, 0.3) is 5.91 Å². The number of rotatable bonds is 7. The largest absolute Gasteiger partial charge is 0.439 e. The molecule has 3 N–H and O–H groups in total. The lowest BCUT2D eigenvalue weighted by atomic mass is 9.81. The molecule has 8 nitrogen and oxygen atoms in total. The van der Waals surface area contributed by atoms with E-state index in [0.717, 1.165) is 12.1 Å². The van der Waals surface area contributed by atoms with Crippen LogP contribution in [0.15, 0.2) is 34.9 Å². The van der Waals surface area contributed by atoms with Gasteiger partial charge in [-0.25, -0.2) is 8.78 Å². The minimum Gasteiger partial charge on any atom is -0.439 e. The maximum Gasteiger partial charge on any atom is 0.287 e. The number of carbonyl (C=O) groups is 2. The number of hydrogen-bond donors (Lipinski definition) is 3. The van der Waals surface area contributed by atoms with Gasteiger partial charge in [-0.3, -0.25) is 14.3 Å². The number of piperidine rings is 1. The third-order valence-corrected chi connectivity index (χ3v) is 6.82. The lowest BCUT2D eigenvalue weighted by molar-refractivity contribution is -0.118. The van der Waals surface area contributed by atoms with Gasteiger partial charge in [0.2, 0.25) is 11.1 Å². The number of aryl methyl sites for hydroxylation is 1. The van der Waals surface area contributed by atoms with E-state index in [1.54, 1.807) is 7.05 Å². The smallest absolute Gasteiger partial charge is 0.287 e. The molecule has 3 atom stereocenters. The van der Waals surface area contributed by atoms with Gasteiger partial charge < -0.3 is 20.4 Å². The second-order valence-corrected chi connectivity index (χ2v) is 9.49. The Hall–Kier alpha value is -2.95. The van der Waals surface area contributed by atoms with E-state index in [0.29, 0.717) is 47.8 Å². The number of aromatic nitrogens is 2. The van der Waals surface area contributed by atoms with Crippen LogP contribution >= 0.6 is 23.2 Å². The van der Waals surface area contributed by atoms with Crippen molar-refractivity contribution in [3.8, 4) is 11.3 Å². The van der Waals surface area contributed by atoms with E-state index in [1.165, 1.54) is 29.9 Å². The fourth-order valence-corrected chi connectivity index (χ4v) is 4.99. The summed E-state index contributed by atoms with van der Waals surface area (Å²) >= 11 is 12.4. The van der Waals surface area contributed by atoms with E-state index in [4.69, 9.17) is 27.6 Å². The Morgan fingerprint density at radius 1 is 1.25 bits per heavy atom.